The van der Waals surface area contributed by atoms with Gasteiger partial charge in [-0.2, -0.15) is 0 Å². The molecule has 0 amide bonds. The Morgan fingerprint density at radius 3 is 2.27 bits per heavy atom. The van der Waals surface area contributed by atoms with E-state index in [1.54, 1.807) is 14.2 Å². The van der Waals surface area contributed by atoms with Crippen LogP contribution in [0.25, 0.3) is 5.57 Å². The van der Waals surface area contributed by atoms with E-state index >= 15 is 0 Å². The molecule has 0 aliphatic carbocycles. The SMILES string of the molecule is COc1cc(/C(C)=C/[C@H](O)c2ccccc2)c(OC)cc1C. The normalized spacial score (nSPS) is 12.9. The highest BCUT2D eigenvalue weighted by molar-refractivity contribution is 5.71. The summed E-state index contributed by atoms with van der Waals surface area (Å²) in [6.07, 6.45) is 1.17. The summed E-state index contributed by atoms with van der Waals surface area (Å²) in [6.45, 7) is 3.93. The predicted octanol–water partition coefficient (Wildman–Crippen LogP) is 4.15. The molecule has 0 aromatic heterocycles. The molecule has 116 valence electrons. The third-order valence-corrected chi connectivity index (χ3v) is 3.69. The summed E-state index contributed by atoms with van der Waals surface area (Å²) in [5, 5.41) is 10.3. The van der Waals surface area contributed by atoms with Crippen LogP contribution in [0.4, 0.5) is 0 Å². The smallest absolute Gasteiger partial charge is 0.126 e. The van der Waals surface area contributed by atoms with Gasteiger partial charge in [-0.1, -0.05) is 30.3 Å². The standard InChI is InChI=1S/C19H22O3/c1-13(10-17(20)15-8-6-5-7-9-15)16-12-18(21-3)14(2)11-19(16)22-4/h5-12,17,20H,1-4H3/b13-10+/t17-/m0/s1. The Kier molecular flexibility index (Phi) is 5.23. The lowest BCUT2D eigenvalue weighted by Crippen LogP contribution is -1.97. The van der Waals surface area contributed by atoms with Crippen molar-refractivity contribution in [2.75, 3.05) is 14.2 Å². The Hall–Kier alpha value is -2.26. The topological polar surface area (TPSA) is 38.7 Å². The second-order valence-corrected chi connectivity index (χ2v) is 5.23. The summed E-state index contributed by atoms with van der Waals surface area (Å²) in [6, 6.07) is 13.5. The molecule has 0 radical (unpaired) electrons. The van der Waals surface area contributed by atoms with Crippen LogP contribution in [0.5, 0.6) is 11.5 Å². The van der Waals surface area contributed by atoms with Crippen molar-refractivity contribution in [1.82, 2.24) is 0 Å². The van der Waals surface area contributed by atoms with Crippen LogP contribution in [-0.2, 0) is 0 Å². The lowest BCUT2D eigenvalue weighted by molar-refractivity contribution is 0.229. The van der Waals surface area contributed by atoms with Crippen molar-refractivity contribution in [2.24, 2.45) is 0 Å². The van der Waals surface area contributed by atoms with E-state index in [-0.39, 0.29) is 0 Å². The van der Waals surface area contributed by atoms with E-state index < -0.39 is 6.10 Å². The van der Waals surface area contributed by atoms with Crippen molar-refractivity contribution in [3.05, 3.63) is 65.2 Å². The molecule has 0 saturated carbocycles. The molecule has 0 saturated heterocycles. The zero-order valence-corrected chi connectivity index (χ0v) is 13.5. The van der Waals surface area contributed by atoms with Gasteiger partial charge in [0, 0.05) is 5.56 Å². The van der Waals surface area contributed by atoms with Gasteiger partial charge in [-0.3, -0.25) is 0 Å². The first kappa shape index (κ1) is 16.1. The molecule has 2 aromatic rings. The molecule has 2 rings (SSSR count). The monoisotopic (exact) mass is 298 g/mol. The lowest BCUT2D eigenvalue weighted by Gasteiger charge is -2.15. The Balaban J connectivity index is 2.39. The number of aryl methyl sites for hydroxylation is 1. The molecule has 0 spiro atoms. The summed E-state index contributed by atoms with van der Waals surface area (Å²) < 4.78 is 10.8. The largest absolute Gasteiger partial charge is 0.496 e. The van der Waals surface area contributed by atoms with Crippen molar-refractivity contribution in [3.8, 4) is 11.5 Å². The van der Waals surface area contributed by atoms with Crippen molar-refractivity contribution >= 4 is 5.57 Å². The Labute approximate surface area is 131 Å². The summed E-state index contributed by atoms with van der Waals surface area (Å²) >= 11 is 0. The van der Waals surface area contributed by atoms with Crippen LogP contribution in [-0.4, -0.2) is 19.3 Å². The number of aliphatic hydroxyl groups excluding tert-OH is 1. The number of aliphatic hydroxyl groups is 1. The van der Waals surface area contributed by atoms with Gasteiger partial charge in [-0.05, 0) is 48.8 Å². The van der Waals surface area contributed by atoms with Gasteiger partial charge < -0.3 is 14.6 Å². The zero-order chi connectivity index (χ0) is 16.1. The van der Waals surface area contributed by atoms with E-state index in [9.17, 15) is 5.11 Å². The van der Waals surface area contributed by atoms with Crippen molar-refractivity contribution in [1.29, 1.82) is 0 Å². The van der Waals surface area contributed by atoms with Crippen LogP contribution in [0.2, 0.25) is 0 Å². The molecule has 0 unspecified atom stereocenters. The maximum Gasteiger partial charge on any atom is 0.126 e. The number of methoxy groups -OCH3 is 2. The Morgan fingerprint density at radius 1 is 1.05 bits per heavy atom. The molecular weight excluding hydrogens is 276 g/mol. The number of ether oxygens (including phenoxy) is 2. The molecular formula is C19H22O3. The molecule has 0 aliphatic heterocycles. The van der Waals surface area contributed by atoms with Gasteiger partial charge in [0.05, 0.1) is 20.3 Å². The van der Waals surface area contributed by atoms with Crippen LogP contribution >= 0.6 is 0 Å². The van der Waals surface area contributed by atoms with Crippen molar-refractivity contribution in [3.63, 3.8) is 0 Å². The van der Waals surface area contributed by atoms with Gasteiger partial charge in [0.1, 0.15) is 11.5 Å². The number of benzene rings is 2. The molecule has 0 fully saturated rings. The minimum atomic E-state index is -0.654. The quantitative estimate of drug-likeness (QED) is 0.901. The first-order valence-electron chi connectivity index (χ1n) is 7.21. The molecule has 22 heavy (non-hydrogen) atoms. The molecule has 3 heteroatoms. The maximum atomic E-state index is 10.3. The molecule has 0 heterocycles. The lowest BCUT2D eigenvalue weighted by atomic mass is 9.99. The van der Waals surface area contributed by atoms with Crippen LogP contribution in [0.1, 0.15) is 29.7 Å². The average molecular weight is 298 g/mol. The number of allylic oxidation sites excluding steroid dienone is 1. The fraction of sp³-hybridized carbons (Fsp3) is 0.263. The average Bonchev–Trinajstić information content (AvgIpc) is 2.55. The van der Waals surface area contributed by atoms with E-state index in [1.807, 2.05) is 62.4 Å². The van der Waals surface area contributed by atoms with Gasteiger partial charge in [-0.25, -0.2) is 0 Å². The third kappa shape index (κ3) is 3.49. The van der Waals surface area contributed by atoms with Crippen LogP contribution < -0.4 is 9.47 Å². The summed E-state index contributed by atoms with van der Waals surface area (Å²) in [7, 11) is 3.29. The van der Waals surface area contributed by atoms with E-state index in [1.165, 1.54) is 0 Å². The molecule has 2 aromatic carbocycles. The van der Waals surface area contributed by atoms with Crippen molar-refractivity contribution < 1.29 is 14.6 Å². The fourth-order valence-electron chi connectivity index (χ4n) is 2.43. The highest BCUT2D eigenvalue weighted by atomic mass is 16.5. The van der Waals surface area contributed by atoms with E-state index in [2.05, 4.69) is 0 Å². The van der Waals surface area contributed by atoms with Gasteiger partial charge >= 0.3 is 0 Å². The van der Waals surface area contributed by atoms with Crippen molar-refractivity contribution in [2.45, 2.75) is 20.0 Å². The van der Waals surface area contributed by atoms with Crippen LogP contribution in [0, 0.1) is 6.92 Å². The number of rotatable bonds is 5. The van der Waals surface area contributed by atoms with Gasteiger partial charge in [0.2, 0.25) is 0 Å². The van der Waals surface area contributed by atoms with Crippen LogP contribution in [0.15, 0.2) is 48.5 Å². The maximum absolute atomic E-state index is 10.3. The highest BCUT2D eigenvalue weighted by Crippen LogP contribution is 2.34. The molecule has 0 bridgehead atoms. The molecule has 3 nitrogen and oxygen atoms in total. The second-order valence-electron chi connectivity index (χ2n) is 5.23. The Morgan fingerprint density at radius 2 is 1.68 bits per heavy atom. The minimum absolute atomic E-state index is 0.654. The van der Waals surface area contributed by atoms with Gasteiger partial charge in [0.15, 0.2) is 0 Å². The molecule has 1 N–H and O–H groups in total. The summed E-state index contributed by atoms with van der Waals surface area (Å²) in [5.41, 5.74) is 3.73. The first-order valence-corrected chi connectivity index (χ1v) is 7.21. The number of hydrogen-bond acceptors (Lipinski definition) is 3. The van der Waals surface area contributed by atoms with Gasteiger partial charge in [-0.15, -0.1) is 0 Å². The van der Waals surface area contributed by atoms with E-state index in [0.717, 1.165) is 33.8 Å². The van der Waals surface area contributed by atoms with E-state index in [0.29, 0.717) is 0 Å². The fourth-order valence-corrected chi connectivity index (χ4v) is 2.43. The number of hydrogen-bond donors (Lipinski definition) is 1. The molecule has 0 aliphatic rings. The van der Waals surface area contributed by atoms with Crippen LogP contribution in [0.3, 0.4) is 0 Å². The predicted molar refractivity (Wildman–Crippen MR) is 89.3 cm³/mol. The third-order valence-electron chi connectivity index (χ3n) is 3.69. The first-order chi connectivity index (χ1) is 10.6. The van der Waals surface area contributed by atoms with Gasteiger partial charge in [0.25, 0.3) is 0 Å². The second kappa shape index (κ2) is 7.14. The van der Waals surface area contributed by atoms with E-state index in [4.69, 9.17) is 9.47 Å². The summed E-state index contributed by atoms with van der Waals surface area (Å²) in [5.74, 6) is 1.57. The minimum Gasteiger partial charge on any atom is -0.496 e. The molecule has 1 atom stereocenters. The Bertz CT molecular complexity index is 660. The highest BCUT2D eigenvalue weighted by Gasteiger charge is 2.12. The zero-order valence-electron chi connectivity index (χ0n) is 13.5. The summed E-state index contributed by atoms with van der Waals surface area (Å²) in [4.78, 5) is 0.